The average molecular weight is 302 g/mol. The van der Waals surface area contributed by atoms with Crippen LogP contribution in [0.1, 0.15) is 16.8 Å². The van der Waals surface area contributed by atoms with Crippen molar-refractivity contribution < 1.29 is 13.9 Å². The highest BCUT2D eigenvalue weighted by Gasteiger charge is 2.18. The molecule has 1 atom stereocenters. The number of amides is 1. The van der Waals surface area contributed by atoms with Crippen molar-refractivity contribution in [2.45, 2.75) is 6.42 Å². The third kappa shape index (κ3) is 3.04. The molecule has 1 aromatic rings. The summed E-state index contributed by atoms with van der Waals surface area (Å²) >= 11 is 3.07. The van der Waals surface area contributed by atoms with Crippen LogP contribution in [0, 0.1) is 11.7 Å². The molecule has 1 aliphatic rings. The second-order valence-corrected chi connectivity index (χ2v) is 4.83. The fraction of sp³-hybridized carbons (Fsp3) is 0.417. The summed E-state index contributed by atoms with van der Waals surface area (Å²) < 4.78 is 18.7. The molecule has 0 bridgehead atoms. The Balaban J connectivity index is 1.97. The number of ether oxygens (including phenoxy) is 1. The summed E-state index contributed by atoms with van der Waals surface area (Å²) in [5.74, 6) is -0.323. The molecule has 17 heavy (non-hydrogen) atoms. The van der Waals surface area contributed by atoms with E-state index in [9.17, 15) is 9.18 Å². The fourth-order valence-electron chi connectivity index (χ4n) is 1.76. The molecule has 1 unspecified atom stereocenters. The molecule has 1 amide bonds. The molecule has 0 aliphatic carbocycles. The Kier molecular flexibility index (Phi) is 4.12. The highest BCUT2D eigenvalue weighted by atomic mass is 79.9. The van der Waals surface area contributed by atoms with Crippen molar-refractivity contribution in [3.63, 3.8) is 0 Å². The second-order valence-electron chi connectivity index (χ2n) is 4.04. The number of halogens is 2. The lowest BCUT2D eigenvalue weighted by Crippen LogP contribution is -2.29. The molecule has 5 heteroatoms. The number of hydrogen-bond donors (Lipinski definition) is 1. The number of hydrogen-bond acceptors (Lipinski definition) is 2. The maximum atomic E-state index is 13.2. The molecule has 92 valence electrons. The first-order chi connectivity index (χ1) is 8.18. The minimum Gasteiger partial charge on any atom is -0.381 e. The Hall–Kier alpha value is -0.940. The van der Waals surface area contributed by atoms with Crippen LogP contribution in [0.3, 0.4) is 0 Å². The summed E-state index contributed by atoms with van der Waals surface area (Å²) in [7, 11) is 0. The fourth-order valence-corrected chi connectivity index (χ4v) is 2.20. The van der Waals surface area contributed by atoms with Gasteiger partial charge < -0.3 is 10.1 Å². The van der Waals surface area contributed by atoms with E-state index >= 15 is 0 Å². The third-order valence-corrected chi connectivity index (χ3v) is 3.58. The van der Waals surface area contributed by atoms with Gasteiger partial charge in [-0.2, -0.15) is 0 Å². The molecule has 0 radical (unpaired) electrons. The van der Waals surface area contributed by atoms with Gasteiger partial charge in [-0.05, 0) is 34.5 Å². The molecule has 2 rings (SSSR count). The molecular formula is C12H13BrFNO2. The maximum Gasteiger partial charge on any atom is 0.252 e. The Labute approximate surface area is 107 Å². The minimum atomic E-state index is -0.429. The van der Waals surface area contributed by atoms with Gasteiger partial charge in [0.1, 0.15) is 5.82 Å². The van der Waals surface area contributed by atoms with Gasteiger partial charge in [0.2, 0.25) is 0 Å². The Morgan fingerprint density at radius 2 is 2.41 bits per heavy atom. The van der Waals surface area contributed by atoms with E-state index in [0.717, 1.165) is 13.0 Å². The number of benzene rings is 1. The molecule has 1 N–H and O–H groups in total. The average Bonchev–Trinajstić information content (AvgIpc) is 2.82. The van der Waals surface area contributed by atoms with Crippen molar-refractivity contribution in [3.8, 4) is 0 Å². The van der Waals surface area contributed by atoms with E-state index in [4.69, 9.17) is 4.74 Å². The zero-order valence-electron chi connectivity index (χ0n) is 9.21. The third-order valence-electron chi connectivity index (χ3n) is 2.77. The van der Waals surface area contributed by atoms with E-state index in [0.29, 0.717) is 24.6 Å². The molecule has 0 spiro atoms. The van der Waals surface area contributed by atoms with Crippen molar-refractivity contribution in [2.24, 2.45) is 5.92 Å². The summed E-state index contributed by atoms with van der Waals surface area (Å²) in [5, 5.41) is 2.79. The highest BCUT2D eigenvalue weighted by Crippen LogP contribution is 2.20. The van der Waals surface area contributed by atoms with E-state index in [1.807, 2.05) is 0 Å². The Bertz CT molecular complexity index is 419. The SMILES string of the molecule is O=C(NCC1CCOC1)c1cccc(F)c1Br. The van der Waals surface area contributed by atoms with Crippen LogP contribution in [-0.4, -0.2) is 25.7 Å². The molecule has 0 saturated carbocycles. The van der Waals surface area contributed by atoms with Gasteiger partial charge in [0.05, 0.1) is 16.6 Å². The smallest absolute Gasteiger partial charge is 0.252 e. The van der Waals surface area contributed by atoms with E-state index < -0.39 is 5.82 Å². The normalized spacial score (nSPS) is 19.3. The first-order valence-electron chi connectivity index (χ1n) is 5.48. The van der Waals surface area contributed by atoms with Crippen molar-refractivity contribution in [1.82, 2.24) is 5.32 Å². The van der Waals surface area contributed by atoms with Gasteiger partial charge >= 0.3 is 0 Å². The first kappa shape index (κ1) is 12.5. The standard InChI is InChI=1S/C12H13BrFNO2/c13-11-9(2-1-3-10(11)14)12(16)15-6-8-4-5-17-7-8/h1-3,8H,4-7H2,(H,15,16). The van der Waals surface area contributed by atoms with Gasteiger partial charge in [0.25, 0.3) is 5.91 Å². The van der Waals surface area contributed by atoms with Gasteiger partial charge in [-0.25, -0.2) is 4.39 Å². The van der Waals surface area contributed by atoms with Gasteiger partial charge in [-0.3, -0.25) is 4.79 Å². The summed E-state index contributed by atoms with van der Waals surface area (Å²) in [5.41, 5.74) is 0.323. The van der Waals surface area contributed by atoms with Gasteiger partial charge in [0, 0.05) is 19.1 Å². The van der Waals surface area contributed by atoms with Crippen LogP contribution in [0.5, 0.6) is 0 Å². The van der Waals surface area contributed by atoms with E-state index in [1.165, 1.54) is 12.1 Å². The predicted molar refractivity (Wildman–Crippen MR) is 65.4 cm³/mol. The Morgan fingerprint density at radius 1 is 1.59 bits per heavy atom. The van der Waals surface area contributed by atoms with Crippen LogP contribution in [0.25, 0.3) is 0 Å². The van der Waals surface area contributed by atoms with Crippen LogP contribution < -0.4 is 5.32 Å². The Morgan fingerprint density at radius 3 is 3.12 bits per heavy atom. The van der Waals surface area contributed by atoms with E-state index in [2.05, 4.69) is 21.2 Å². The zero-order chi connectivity index (χ0) is 12.3. The summed E-state index contributed by atoms with van der Waals surface area (Å²) in [6.45, 7) is 2.01. The molecule has 3 nitrogen and oxygen atoms in total. The van der Waals surface area contributed by atoms with Crippen molar-refractivity contribution in [2.75, 3.05) is 19.8 Å². The molecule has 1 aromatic carbocycles. The zero-order valence-corrected chi connectivity index (χ0v) is 10.8. The number of carbonyl (C=O) groups is 1. The molecule has 1 aliphatic heterocycles. The van der Waals surface area contributed by atoms with Crippen LogP contribution in [0.15, 0.2) is 22.7 Å². The second kappa shape index (κ2) is 5.60. The topological polar surface area (TPSA) is 38.3 Å². The van der Waals surface area contributed by atoms with E-state index in [1.54, 1.807) is 6.07 Å². The van der Waals surface area contributed by atoms with Crippen LogP contribution in [0.2, 0.25) is 0 Å². The highest BCUT2D eigenvalue weighted by molar-refractivity contribution is 9.10. The summed E-state index contributed by atoms with van der Waals surface area (Å²) in [4.78, 5) is 11.8. The molecule has 1 saturated heterocycles. The van der Waals surface area contributed by atoms with Crippen LogP contribution in [-0.2, 0) is 4.74 Å². The van der Waals surface area contributed by atoms with Gasteiger partial charge in [-0.15, -0.1) is 0 Å². The maximum absolute atomic E-state index is 13.2. The first-order valence-corrected chi connectivity index (χ1v) is 6.27. The molecule has 0 aromatic heterocycles. The van der Waals surface area contributed by atoms with Crippen molar-refractivity contribution >= 4 is 21.8 Å². The van der Waals surface area contributed by atoms with Crippen LogP contribution >= 0.6 is 15.9 Å². The van der Waals surface area contributed by atoms with E-state index in [-0.39, 0.29) is 10.4 Å². The largest absolute Gasteiger partial charge is 0.381 e. The van der Waals surface area contributed by atoms with Crippen molar-refractivity contribution in [1.29, 1.82) is 0 Å². The lowest BCUT2D eigenvalue weighted by atomic mass is 10.1. The number of nitrogens with one attached hydrogen (secondary N) is 1. The summed E-state index contributed by atoms with van der Waals surface area (Å²) in [6.07, 6.45) is 0.963. The predicted octanol–water partition coefficient (Wildman–Crippen LogP) is 2.35. The minimum absolute atomic E-state index is 0.208. The monoisotopic (exact) mass is 301 g/mol. The van der Waals surface area contributed by atoms with Gasteiger partial charge in [0.15, 0.2) is 0 Å². The van der Waals surface area contributed by atoms with Gasteiger partial charge in [-0.1, -0.05) is 6.07 Å². The number of rotatable bonds is 3. The molecule has 1 fully saturated rings. The quantitative estimate of drug-likeness (QED) is 0.931. The number of carbonyl (C=O) groups excluding carboxylic acids is 1. The summed E-state index contributed by atoms with van der Waals surface area (Å²) in [6, 6.07) is 4.42. The lowest BCUT2D eigenvalue weighted by Gasteiger charge is -2.10. The molecule has 1 heterocycles. The molecular weight excluding hydrogens is 289 g/mol. The lowest BCUT2D eigenvalue weighted by molar-refractivity contribution is 0.0943. The van der Waals surface area contributed by atoms with Crippen LogP contribution in [0.4, 0.5) is 4.39 Å². The van der Waals surface area contributed by atoms with Crippen molar-refractivity contribution in [3.05, 3.63) is 34.1 Å².